The van der Waals surface area contributed by atoms with Gasteiger partial charge in [0.05, 0.1) is 11.3 Å². The molecule has 2 aromatic rings. The molecule has 1 aromatic heterocycles. The van der Waals surface area contributed by atoms with Crippen LogP contribution in [0.5, 0.6) is 0 Å². The Morgan fingerprint density at radius 2 is 2.12 bits per heavy atom. The fraction of sp³-hybridized carbons (Fsp3) is 0. The van der Waals surface area contributed by atoms with Crippen LogP contribution in [0.2, 0.25) is 0 Å². The third-order valence-electron chi connectivity index (χ3n) is 1.84. The molecule has 0 bridgehead atoms. The number of hydrogen-bond donors (Lipinski definition) is 3. The molecule has 0 aliphatic carbocycles. The van der Waals surface area contributed by atoms with Crippen LogP contribution < -0.4 is 11.1 Å². The lowest BCUT2D eigenvalue weighted by molar-refractivity contribution is 0.0698. The molecule has 0 amide bonds. The number of nitrogens with one attached hydrogen (secondary N) is 1. The Bertz CT molecular complexity index is 526. The van der Waals surface area contributed by atoms with E-state index in [1.54, 1.807) is 18.2 Å². The van der Waals surface area contributed by atoms with Crippen molar-refractivity contribution in [3.63, 3.8) is 0 Å². The van der Waals surface area contributed by atoms with Gasteiger partial charge < -0.3 is 16.2 Å². The fourth-order valence-corrected chi connectivity index (χ4v) is 1.70. The van der Waals surface area contributed by atoms with Gasteiger partial charge >= 0.3 is 5.97 Å². The lowest BCUT2D eigenvalue weighted by Gasteiger charge is -2.05. The van der Waals surface area contributed by atoms with Gasteiger partial charge in [0, 0.05) is 0 Å². The second kappa shape index (κ2) is 4.15. The number of hydrogen-bond acceptors (Lipinski definition) is 6. The number of benzene rings is 1. The highest BCUT2D eigenvalue weighted by molar-refractivity contribution is 7.18. The minimum atomic E-state index is -0.999. The minimum Gasteiger partial charge on any atom is -0.478 e. The highest BCUT2D eigenvalue weighted by Gasteiger charge is 2.10. The number of anilines is 3. The van der Waals surface area contributed by atoms with Crippen LogP contribution in [0, 0.1) is 0 Å². The maximum atomic E-state index is 10.9. The number of para-hydroxylation sites is 1. The molecule has 0 atom stereocenters. The molecule has 1 heterocycles. The molecule has 6 nitrogen and oxygen atoms in total. The van der Waals surface area contributed by atoms with Gasteiger partial charge in [-0.3, -0.25) is 0 Å². The third kappa shape index (κ3) is 2.09. The number of rotatable bonds is 3. The zero-order valence-electron chi connectivity index (χ0n) is 8.04. The van der Waals surface area contributed by atoms with E-state index >= 15 is 0 Å². The Balaban J connectivity index is 2.31. The number of nitrogen functional groups attached to an aromatic ring is 1. The van der Waals surface area contributed by atoms with Crippen molar-refractivity contribution >= 4 is 33.3 Å². The molecule has 7 heteroatoms. The van der Waals surface area contributed by atoms with Crippen LogP contribution in [0.4, 0.5) is 16.0 Å². The van der Waals surface area contributed by atoms with Crippen LogP contribution in [-0.2, 0) is 0 Å². The van der Waals surface area contributed by atoms with Crippen molar-refractivity contribution in [3.05, 3.63) is 29.8 Å². The number of aromatic carboxylic acids is 1. The number of carboxylic acids is 1. The van der Waals surface area contributed by atoms with E-state index in [0.29, 0.717) is 16.0 Å². The average Bonchev–Trinajstić information content (AvgIpc) is 2.64. The summed E-state index contributed by atoms with van der Waals surface area (Å²) in [5.74, 6) is -0.999. The normalized spacial score (nSPS) is 10.0. The Labute approximate surface area is 94.7 Å². The molecule has 0 saturated carbocycles. The van der Waals surface area contributed by atoms with E-state index in [4.69, 9.17) is 10.8 Å². The van der Waals surface area contributed by atoms with Gasteiger partial charge in [-0.1, -0.05) is 23.5 Å². The molecular formula is C9H8N4O2S. The van der Waals surface area contributed by atoms with Crippen molar-refractivity contribution in [1.29, 1.82) is 0 Å². The summed E-state index contributed by atoms with van der Waals surface area (Å²) in [7, 11) is 0. The zero-order valence-corrected chi connectivity index (χ0v) is 8.86. The van der Waals surface area contributed by atoms with E-state index in [9.17, 15) is 4.79 Å². The van der Waals surface area contributed by atoms with Gasteiger partial charge in [0.2, 0.25) is 10.3 Å². The fourth-order valence-electron chi connectivity index (χ4n) is 1.18. The second-order valence-electron chi connectivity index (χ2n) is 2.92. The van der Waals surface area contributed by atoms with Gasteiger partial charge in [-0.05, 0) is 12.1 Å². The molecule has 0 aliphatic heterocycles. The smallest absolute Gasteiger partial charge is 0.337 e. The summed E-state index contributed by atoms with van der Waals surface area (Å²) in [6.07, 6.45) is 0. The lowest BCUT2D eigenvalue weighted by atomic mass is 10.2. The molecule has 16 heavy (non-hydrogen) atoms. The van der Waals surface area contributed by atoms with Crippen molar-refractivity contribution in [1.82, 2.24) is 10.2 Å². The Kier molecular flexibility index (Phi) is 2.69. The van der Waals surface area contributed by atoms with Gasteiger partial charge in [-0.2, -0.15) is 0 Å². The summed E-state index contributed by atoms with van der Waals surface area (Å²) < 4.78 is 0. The summed E-state index contributed by atoms with van der Waals surface area (Å²) in [5, 5.41) is 20.0. The zero-order chi connectivity index (χ0) is 11.5. The standard InChI is InChI=1S/C9H8N4O2S/c10-8-12-13-9(16-8)11-6-4-2-1-3-5(6)7(14)15/h1-4H,(H2,10,12)(H,11,13)(H,14,15). The first kappa shape index (κ1) is 10.4. The Morgan fingerprint density at radius 3 is 2.75 bits per heavy atom. The van der Waals surface area contributed by atoms with Crippen molar-refractivity contribution in [2.75, 3.05) is 11.1 Å². The van der Waals surface area contributed by atoms with E-state index in [2.05, 4.69) is 15.5 Å². The average molecular weight is 236 g/mol. The molecule has 0 aliphatic rings. The first-order valence-electron chi connectivity index (χ1n) is 4.35. The van der Waals surface area contributed by atoms with E-state index in [1.807, 2.05) is 0 Å². The lowest BCUT2D eigenvalue weighted by Crippen LogP contribution is -2.02. The summed E-state index contributed by atoms with van der Waals surface area (Å²) in [4.78, 5) is 10.9. The van der Waals surface area contributed by atoms with Crippen molar-refractivity contribution in [3.8, 4) is 0 Å². The van der Waals surface area contributed by atoms with Crippen molar-refractivity contribution in [2.45, 2.75) is 0 Å². The van der Waals surface area contributed by atoms with Gasteiger partial charge in [0.25, 0.3) is 0 Å². The number of nitrogens with zero attached hydrogens (tertiary/aromatic N) is 2. The van der Waals surface area contributed by atoms with Crippen LogP contribution in [0.1, 0.15) is 10.4 Å². The predicted octanol–water partition coefficient (Wildman–Crippen LogP) is 1.56. The van der Waals surface area contributed by atoms with E-state index in [1.165, 1.54) is 6.07 Å². The largest absolute Gasteiger partial charge is 0.478 e. The molecular weight excluding hydrogens is 228 g/mol. The van der Waals surface area contributed by atoms with Crippen LogP contribution in [0.25, 0.3) is 0 Å². The number of carbonyl (C=O) groups is 1. The maximum absolute atomic E-state index is 10.9. The molecule has 1 aromatic carbocycles. The predicted molar refractivity (Wildman–Crippen MR) is 61.0 cm³/mol. The highest BCUT2D eigenvalue weighted by atomic mass is 32.1. The summed E-state index contributed by atoms with van der Waals surface area (Å²) in [5.41, 5.74) is 6.06. The van der Waals surface area contributed by atoms with Gasteiger partial charge in [-0.25, -0.2) is 4.79 Å². The quantitative estimate of drug-likeness (QED) is 0.747. The number of carboxylic acid groups (broad SMARTS) is 1. The van der Waals surface area contributed by atoms with Crippen molar-refractivity contribution < 1.29 is 9.90 Å². The minimum absolute atomic E-state index is 0.177. The van der Waals surface area contributed by atoms with Crippen LogP contribution in [0.15, 0.2) is 24.3 Å². The van der Waals surface area contributed by atoms with Crippen molar-refractivity contribution in [2.24, 2.45) is 0 Å². The second-order valence-corrected chi connectivity index (χ2v) is 3.93. The first-order chi connectivity index (χ1) is 7.66. The van der Waals surface area contributed by atoms with Crippen LogP contribution >= 0.6 is 11.3 Å². The van der Waals surface area contributed by atoms with E-state index in [0.717, 1.165) is 11.3 Å². The van der Waals surface area contributed by atoms with Gasteiger partial charge in [0.15, 0.2) is 0 Å². The van der Waals surface area contributed by atoms with Crippen LogP contribution in [-0.4, -0.2) is 21.3 Å². The van der Waals surface area contributed by atoms with E-state index in [-0.39, 0.29) is 5.56 Å². The Morgan fingerprint density at radius 1 is 1.38 bits per heavy atom. The Hall–Kier alpha value is -2.15. The molecule has 82 valence electrons. The highest BCUT2D eigenvalue weighted by Crippen LogP contribution is 2.24. The third-order valence-corrected chi connectivity index (χ3v) is 2.51. The molecule has 0 fully saturated rings. The summed E-state index contributed by atoms with van der Waals surface area (Å²) >= 11 is 1.15. The van der Waals surface area contributed by atoms with Gasteiger partial charge in [-0.15, -0.1) is 10.2 Å². The molecule has 2 rings (SSSR count). The first-order valence-corrected chi connectivity index (χ1v) is 5.17. The topological polar surface area (TPSA) is 101 Å². The number of nitrogens with two attached hydrogens (primary N) is 1. The van der Waals surface area contributed by atoms with Crippen LogP contribution in [0.3, 0.4) is 0 Å². The summed E-state index contributed by atoms with van der Waals surface area (Å²) in [6, 6.07) is 6.55. The molecule has 0 unspecified atom stereocenters. The molecule has 0 saturated heterocycles. The summed E-state index contributed by atoms with van der Waals surface area (Å²) in [6.45, 7) is 0. The maximum Gasteiger partial charge on any atom is 0.337 e. The molecule has 0 spiro atoms. The molecule has 0 radical (unpaired) electrons. The number of aromatic nitrogens is 2. The van der Waals surface area contributed by atoms with E-state index < -0.39 is 5.97 Å². The molecule has 4 N–H and O–H groups in total. The van der Waals surface area contributed by atoms with Gasteiger partial charge in [0.1, 0.15) is 0 Å². The SMILES string of the molecule is Nc1nnc(Nc2ccccc2C(=O)O)s1. The monoisotopic (exact) mass is 236 g/mol.